The maximum absolute atomic E-state index is 13.7. The van der Waals surface area contributed by atoms with E-state index in [1.54, 1.807) is 0 Å². The lowest BCUT2D eigenvalue weighted by Crippen LogP contribution is -2.09. The maximum Gasteiger partial charge on any atom is 0.310 e. The number of benzene rings is 2. The molecule has 0 unspecified atom stereocenters. The molecule has 2 aromatic rings. The average molecular weight is 337 g/mol. The van der Waals surface area contributed by atoms with Gasteiger partial charge < -0.3 is 9.84 Å². The first kappa shape index (κ1) is 17.0. The highest BCUT2D eigenvalue weighted by Gasteiger charge is 2.16. The molecule has 0 aliphatic heterocycles. The van der Waals surface area contributed by atoms with Gasteiger partial charge >= 0.3 is 5.97 Å². The molecule has 0 heterocycles. The first-order chi connectivity index (χ1) is 10.9. The summed E-state index contributed by atoms with van der Waals surface area (Å²) >= 11 is 5.91. The second kappa shape index (κ2) is 7.24. The Bertz CT molecular complexity index is 738. The fourth-order valence-electron chi connectivity index (χ4n) is 2.09. The smallest absolute Gasteiger partial charge is 0.310 e. The molecule has 2 aromatic carbocycles. The van der Waals surface area contributed by atoms with Crippen LogP contribution in [0.3, 0.4) is 0 Å². The highest BCUT2D eigenvalue weighted by Crippen LogP contribution is 2.23. The highest BCUT2D eigenvalue weighted by molar-refractivity contribution is 6.31. The fourth-order valence-corrected chi connectivity index (χ4v) is 2.32. The third kappa shape index (κ3) is 4.07. The molecule has 0 aliphatic carbocycles. The van der Waals surface area contributed by atoms with Crippen molar-refractivity contribution in [1.29, 1.82) is 0 Å². The summed E-state index contributed by atoms with van der Waals surface area (Å²) in [6.07, 6.45) is -0.377. The molecule has 23 heavy (non-hydrogen) atoms. The minimum absolute atomic E-state index is 0.113. The molecule has 0 fully saturated rings. The Morgan fingerprint density at radius 1 is 1.22 bits per heavy atom. The van der Waals surface area contributed by atoms with Crippen molar-refractivity contribution in [3.63, 3.8) is 0 Å². The Kier molecular flexibility index (Phi) is 5.34. The van der Waals surface area contributed by atoms with Crippen LogP contribution >= 0.6 is 11.6 Å². The Labute approximate surface area is 137 Å². The molecular formula is C17H14ClFO4. The molecule has 0 atom stereocenters. The summed E-state index contributed by atoms with van der Waals surface area (Å²) in [5.41, 5.74) is 0.630. The average Bonchev–Trinajstić information content (AvgIpc) is 2.52. The van der Waals surface area contributed by atoms with Crippen LogP contribution in [0.5, 0.6) is 5.75 Å². The molecule has 0 aliphatic rings. The number of ether oxygens (including phenoxy) is 1. The van der Waals surface area contributed by atoms with Gasteiger partial charge in [-0.25, -0.2) is 4.39 Å². The first-order valence-electron chi connectivity index (χ1n) is 6.77. The maximum atomic E-state index is 13.7. The second-order valence-corrected chi connectivity index (χ2v) is 5.30. The van der Waals surface area contributed by atoms with E-state index < -0.39 is 11.8 Å². The number of methoxy groups -OCH3 is 1. The third-order valence-electron chi connectivity index (χ3n) is 3.36. The lowest BCUT2D eigenvalue weighted by molar-refractivity contribution is -0.139. The lowest BCUT2D eigenvalue weighted by atomic mass is 9.99. The molecule has 0 radical (unpaired) electrons. The van der Waals surface area contributed by atoms with Gasteiger partial charge in [0.05, 0.1) is 13.5 Å². The second-order valence-electron chi connectivity index (χ2n) is 4.90. The zero-order chi connectivity index (χ0) is 17.0. The quantitative estimate of drug-likeness (QED) is 0.672. The standard InChI is InChI=1S/C17H14ClFO4/c1-23-17(22)8-11-7-10(5-6-15(11)20)16(21)9-12-13(18)3-2-4-14(12)19/h2-7,20H,8-9H2,1H3. The zero-order valence-electron chi connectivity index (χ0n) is 12.3. The first-order valence-corrected chi connectivity index (χ1v) is 7.15. The highest BCUT2D eigenvalue weighted by atomic mass is 35.5. The van der Waals surface area contributed by atoms with Crippen LogP contribution in [0.2, 0.25) is 5.02 Å². The molecule has 1 N–H and O–H groups in total. The molecule has 6 heteroatoms. The van der Waals surface area contributed by atoms with Crippen LogP contribution in [0.1, 0.15) is 21.5 Å². The van der Waals surface area contributed by atoms with E-state index in [0.29, 0.717) is 0 Å². The van der Waals surface area contributed by atoms with Crippen molar-refractivity contribution in [2.24, 2.45) is 0 Å². The molecule has 0 amide bonds. The molecule has 0 bridgehead atoms. The van der Waals surface area contributed by atoms with Gasteiger partial charge in [0, 0.05) is 28.1 Å². The van der Waals surface area contributed by atoms with Crippen molar-refractivity contribution in [1.82, 2.24) is 0 Å². The third-order valence-corrected chi connectivity index (χ3v) is 3.72. The Hall–Kier alpha value is -2.40. The zero-order valence-corrected chi connectivity index (χ0v) is 13.1. The minimum Gasteiger partial charge on any atom is -0.508 e. The van der Waals surface area contributed by atoms with E-state index in [1.165, 1.54) is 43.5 Å². The van der Waals surface area contributed by atoms with E-state index in [4.69, 9.17) is 11.6 Å². The van der Waals surface area contributed by atoms with Crippen molar-refractivity contribution in [3.05, 3.63) is 63.9 Å². The van der Waals surface area contributed by atoms with Crippen LogP contribution in [0.15, 0.2) is 36.4 Å². The Balaban J connectivity index is 2.26. The predicted molar refractivity (Wildman–Crippen MR) is 83.3 cm³/mol. The molecule has 0 saturated carbocycles. The van der Waals surface area contributed by atoms with Gasteiger partial charge in [-0.1, -0.05) is 17.7 Å². The van der Waals surface area contributed by atoms with Gasteiger partial charge in [0.2, 0.25) is 0 Å². The molecule has 120 valence electrons. The number of hydrogen-bond acceptors (Lipinski definition) is 4. The lowest BCUT2D eigenvalue weighted by Gasteiger charge is -2.08. The number of carbonyl (C=O) groups excluding carboxylic acids is 2. The summed E-state index contributed by atoms with van der Waals surface area (Å²) in [6, 6.07) is 8.31. The largest absolute Gasteiger partial charge is 0.508 e. The van der Waals surface area contributed by atoms with Crippen LogP contribution in [-0.2, 0) is 22.4 Å². The predicted octanol–water partition coefficient (Wildman–Crippen LogP) is 3.33. The number of rotatable bonds is 5. The van der Waals surface area contributed by atoms with Crippen molar-refractivity contribution < 1.29 is 23.8 Å². The summed E-state index contributed by atoms with van der Waals surface area (Å²) in [4.78, 5) is 23.6. The number of esters is 1. The molecule has 0 spiro atoms. The van der Waals surface area contributed by atoms with Gasteiger partial charge in [-0.05, 0) is 30.3 Å². The SMILES string of the molecule is COC(=O)Cc1cc(C(=O)Cc2c(F)cccc2Cl)ccc1O. The fraction of sp³-hybridized carbons (Fsp3) is 0.176. The van der Waals surface area contributed by atoms with E-state index in [-0.39, 0.29) is 46.1 Å². The number of hydrogen-bond donors (Lipinski definition) is 1. The summed E-state index contributed by atoms with van der Waals surface area (Å²) in [5, 5.41) is 9.91. The van der Waals surface area contributed by atoms with Crippen molar-refractivity contribution >= 4 is 23.4 Å². The summed E-state index contributed by atoms with van der Waals surface area (Å²) in [5.74, 6) is -1.58. The van der Waals surface area contributed by atoms with Crippen LogP contribution in [0.25, 0.3) is 0 Å². The van der Waals surface area contributed by atoms with Crippen molar-refractivity contribution in [2.45, 2.75) is 12.8 Å². The number of Topliss-reactive ketones (excluding diaryl/α,β-unsaturated/α-hetero) is 1. The topological polar surface area (TPSA) is 63.6 Å². The van der Waals surface area contributed by atoms with Gasteiger partial charge in [0.25, 0.3) is 0 Å². The van der Waals surface area contributed by atoms with Gasteiger partial charge in [0.1, 0.15) is 11.6 Å². The minimum atomic E-state index is -0.556. The monoisotopic (exact) mass is 336 g/mol. The molecule has 0 aromatic heterocycles. The Morgan fingerprint density at radius 3 is 2.61 bits per heavy atom. The van der Waals surface area contributed by atoms with Gasteiger partial charge in [-0.2, -0.15) is 0 Å². The van der Waals surface area contributed by atoms with Gasteiger partial charge in [-0.3, -0.25) is 9.59 Å². The van der Waals surface area contributed by atoms with E-state index in [9.17, 15) is 19.1 Å². The van der Waals surface area contributed by atoms with Crippen LogP contribution in [0.4, 0.5) is 4.39 Å². The molecule has 0 saturated heterocycles. The van der Waals surface area contributed by atoms with Crippen LogP contribution in [-0.4, -0.2) is 24.0 Å². The summed E-state index contributed by atoms with van der Waals surface area (Å²) < 4.78 is 18.3. The number of phenols is 1. The normalized spacial score (nSPS) is 10.4. The van der Waals surface area contributed by atoms with E-state index >= 15 is 0 Å². The summed E-state index contributed by atoms with van der Waals surface area (Å²) in [7, 11) is 1.23. The van der Waals surface area contributed by atoms with Gasteiger partial charge in [-0.15, -0.1) is 0 Å². The van der Waals surface area contributed by atoms with Crippen LogP contribution in [0, 0.1) is 5.82 Å². The number of ketones is 1. The van der Waals surface area contributed by atoms with Crippen molar-refractivity contribution in [3.8, 4) is 5.75 Å². The van der Waals surface area contributed by atoms with Crippen LogP contribution < -0.4 is 0 Å². The van der Waals surface area contributed by atoms with E-state index in [2.05, 4.69) is 4.74 Å². The number of aromatic hydroxyl groups is 1. The van der Waals surface area contributed by atoms with Gasteiger partial charge in [0.15, 0.2) is 5.78 Å². The number of halogens is 2. The Morgan fingerprint density at radius 2 is 1.96 bits per heavy atom. The molecule has 2 rings (SSSR count). The number of phenolic OH excluding ortho intramolecular Hbond substituents is 1. The van der Waals surface area contributed by atoms with E-state index in [1.807, 2.05) is 0 Å². The van der Waals surface area contributed by atoms with E-state index in [0.717, 1.165) is 0 Å². The summed E-state index contributed by atoms with van der Waals surface area (Å²) in [6.45, 7) is 0. The molecule has 4 nitrogen and oxygen atoms in total. The number of carbonyl (C=O) groups is 2. The van der Waals surface area contributed by atoms with Crippen molar-refractivity contribution in [2.75, 3.05) is 7.11 Å². The molecular weight excluding hydrogens is 323 g/mol.